The highest BCUT2D eigenvalue weighted by Gasteiger charge is 2.25. The number of anilines is 1. The summed E-state index contributed by atoms with van der Waals surface area (Å²) in [5, 5.41) is 3.05. The molecule has 0 aromatic heterocycles. The topological polar surface area (TPSA) is 52.7 Å². The van der Waals surface area contributed by atoms with Crippen LogP contribution in [0.5, 0.6) is 0 Å². The van der Waals surface area contributed by atoms with Crippen molar-refractivity contribution < 1.29 is 9.59 Å². The standard InChI is InChI=1S/C22H33N3O2/c1-17-7-6-8-18(2)22(17)23-20(26)16-24-11-13-25(14-12-24)21(27)15-19-9-4-3-5-10-19/h6-8,19H,3-5,9-16H2,1-2H3,(H,23,26). The first-order chi connectivity index (χ1) is 13.0. The van der Waals surface area contributed by atoms with E-state index in [-0.39, 0.29) is 5.91 Å². The lowest BCUT2D eigenvalue weighted by Gasteiger charge is -2.35. The second kappa shape index (κ2) is 9.36. The van der Waals surface area contributed by atoms with Gasteiger partial charge in [-0.1, -0.05) is 37.5 Å². The van der Waals surface area contributed by atoms with Gasteiger partial charge in [-0.15, -0.1) is 0 Å². The number of aryl methyl sites for hydroxylation is 2. The molecule has 1 aromatic carbocycles. The van der Waals surface area contributed by atoms with Crippen molar-refractivity contribution in [3.63, 3.8) is 0 Å². The second-order valence-electron chi connectivity index (χ2n) is 8.18. The van der Waals surface area contributed by atoms with E-state index >= 15 is 0 Å². The zero-order valence-corrected chi connectivity index (χ0v) is 16.8. The molecule has 2 fully saturated rings. The minimum absolute atomic E-state index is 0.0226. The van der Waals surface area contributed by atoms with Gasteiger partial charge in [0.25, 0.3) is 0 Å². The van der Waals surface area contributed by atoms with Gasteiger partial charge in [-0.05, 0) is 43.7 Å². The zero-order valence-electron chi connectivity index (χ0n) is 16.8. The molecule has 0 atom stereocenters. The summed E-state index contributed by atoms with van der Waals surface area (Å²) < 4.78 is 0. The molecule has 1 aliphatic carbocycles. The van der Waals surface area contributed by atoms with Gasteiger partial charge in [0, 0.05) is 38.3 Å². The Balaban J connectivity index is 1.42. The second-order valence-corrected chi connectivity index (χ2v) is 8.18. The number of para-hydroxylation sites is 1. The molecular formula is C22H33N3O2. The molecule has 1 N–H and O–H groups in total. The molecule has 1 aliphatic heterocycles. The quantitative estimate of drug-likeness (QED) is 0.863. The van der Waals surface area contributed by atoms with Crippen molar-refractivity contribution in [2.75, 3.05) is 38.0 Å². The van der Waals surface area contributed by atoms with E-state index in [2.05, 4.69) is 10.2 Å². The van der Waals surface area contributed by atoms with E-state index in [1.807, 2.05) is 36.9 Å². The van der Waals surface area contributed by atoms with Crippen LogP contribution in [0, 0.1) is 19.8 Å². The Morgan fingerprint density at radius 1 is 1.00 bits per heavy atom. The van der Waals surface area contributed by atoms with Crippen molar-refractivity contribution in [2.24, 2.45) is 5.92 Å². The fourth-order valence-corrected chi connectivity index (χ4v) is 4.32. The minimum Gasteiger partial charge on any atom is -0.340 e. The third-order valence-electron chi connectivity index (χ3n) is 6.03. The van der Waals surface area contributed by atoms with Crippen LogP contribution in [-0.4, -0.2) is 54.3 Å². The molecule has 148 valence electrons. The van der Waals surface area contributed by atoms with Gasteiger partial charge in [0.05, 0.1) is 6.54 Å². The summed E-state index contributed by atoms with van der Waals surface area (Å²) in [4.78, 5) is 29.1. The maximum absolute atomic E-state index is 12.5. The van der Waals surface area contributed by atoms with Crippen LogP contribution >= 0.6 is 0 Å². The van der Waals surface area contributed by atoms with Crippen molar-refractivity contribution in [3.8, 4) is 0 Å². The number of nitrogens with one attached hydrogen (secondary N) is 1. The lowest BCUT2D eigenvalue weighted by atomic mass is 9.86. The zero-order chi connectivity index (χ0) is 19.2. The molecule has 0 spiro atoms. The van der Waals surface area contributed by atoms with Gasteiger partial charge in [-0.3, -0.25) is 14.5 Å². The van der Waals surface area contributed by atoms with Crippen LogP contribution in [-0.2, 0) is 9.59 Å². The SMILES string of the molecule is Cc1cccc(C)c1NC(=O)CN1CCN(C(=O)CC2CCCCC2)CC1. The summed E-state index contributed by atoms with van der Waals surface area (Å²) in [5.74, 6) is 0.920. The van der Waals surface area contributed by atoms with Gasteiger partial charge in [0.15, 0.2) is 0 Å². The van der Waals surface area contributed by atoms with E-state index in [4.69, 9.17) is 0 Å². The Morgan fingerprint density at radius 2 is 1.63 bits per heavy atom. The van der Waals surface area contributed by atoms with Crippen LogP contribution in [0.3, 0.4) is 0 Å². The fourth-order valence-electron chi connectivity index (χ4n) is 4.32. The van der Waals surface area contributed by atoms with Gasteiger partial charge >= 0.3 is 0 Å². The number of rotatable bonds is 5. The highest BCUT2D eigenvalue weighted by atomic mass is 16.2. The molecule has 5 heteroatoms. The summed E-state index contributed by atoms with van der Waals surface area (Å²) in [7, 11) is 0. The highest BCUT2D eigenvalue weighted by Crippen LogP contribution is 2.27. The van der Waals surface area contributed by atoms with Gasteiger partial charge in [0.1, 0.15) is 0 Å². The molecule has 0 unspecified atom stereocenters. The van der Waals surface area contributed by atoms with Gasteiger partial charge < -0.3 is 10.2 Å². The van der Waals surface area contributed by atoms with Crippen LogP contribution < -0.4 is 5.32 Å². The Kier molecular flexibility index (Phi) is 6.89. The van der Waals surface area contributed by atoms with Crippen LogP contribution in [0.15, 0.2) is 18.2 Å². The van der Waals surface area contributed by atoms with Crippen LogP contribution in [0.25, 0.3) is 0 Å². The number of hydrogen-bond donors (Lipinski definition) is 1. The number of hydrogen-bond acceptors (Lipinski definition) is 3. The van der Waals surface area contributed by atoms with E-state index in [0.29, 0.717) is 24.8 Å². The van der Waals surface area contributed by atoms with Crippen LogP contribution in [0.1, 0.15) is 49.7 Å². The predicted molar refractivity (Wildman–Crippen MR) is 109 cm³/mol. The van der Waals surface area contributed by atoms with Crippen LogP contribution in [0.4, 0.5) is 5.69 Å². The van der Waals surface area contributed by atoms with Crippen molar-refractivity contribution in [2.45, 2.75) is 52.4 Å². The third kappa shape index (κ3) is 5.55. The normalized spacial score (nSPS) is 19.1. The monoisotopic (exact) mass is 371 g/mol. The predicted octanol–water partition coefficient (Wildman–Crippen LogP) is 3.36. The molecule has 1 saturated carbocycles. The Morgan fingerprint density at radius 3 is 2.26 bits per heavy atom. The summed E-state index contributed by atoms with van der Waals surface area (Å²) in [6, 6.07) is 6.03. The van der Waals surface area contributed by atoms with Crippen molar-refractivity contribution in [1.82, 2.24) is 9.80 Å². The number of benzene rings is 1. The van der Waals surface area contributed by atoms with E-state index in [0.717, 1.165) is 43.0 Å². The lowest BCUT2D eigenvalue weighted by Crippen LogP contribution is -2.50. The van der Waals surface area contributed by atoms with Gasteiger partial charge in [0.2, 0.25) is 11.8 Å². The average molecular weight is 372 g/mol. The summed E-state index contributed by atoms with van der Waals surface area (Å²) >= 11 is 0. The molecule has 0 bridgehead atoms. The Bertz CT molecular complexity index is 639. The molecule has 27 heavy (non-hydrogen) atoms. The van der Waals surface area contributed by atoms with Crippen LogP contribution in [0.2, 0.25) is 0 Å². The lowest BCUT2D eigenvalue weighted by molar-refractivity contribution is -0.134. The van der Waals surface area contributed by atoms with Crippen molar-refractivity contribution in [1.29, 1.82) is 0 Å². The van der Waals surface area contributed by atoms with Gasteiger partial charge in [-0.2, -0.15) is 0 Å². The van der Waals surface area contributed by atoms with Crippen molar-refractivity contribution >= 4 is 17.5 Å². The van der Waals surface area contributed by atoms with Gasteiger partial charge in [-0.25, -0.2) is 0 Å². The third-order valence-corrected chi connectivity index (χ3v) is 6.03. The number of carbonyl (C=O) groups excluding carboxylic acids is 2. The Hall–Kier alpha value is -1.88. The first-order valence-corrected chi connectivity index (χ1v) is 10.4. The summed E-state index contributed by atoms with van der Waals surface area (Å²) in [6.07, 6.45) is 7.03. The average Bonchev–Trinajstić information content (AvgIpc) is 2.66. The first-order valence-electron chi connectivity index (χ1n) is 10.4. The first kappa shape index (κ1) is 19.9. The highest BCUT2D eigenvalue weighted by molar-refractivity contribution is 5.93. The number of carbonyl (C=O) groups is 2. The molecule has 2 aliphatic rings. The molecule has 2 amide bonds. The van der Waals surface area contributed by atoms with E-state index < -0.39 is 0 Å². The molecule has 1 heterocycles. The largest absolute Gasteiger partial charge is 0.340 e. The molecule has 1 saturated heterocycles. The van der Waals surface area contributed by atoms with Crippen molar-refractivity contribution in [3.05, 3.63) is 29.3 Å². The molecular weight excluding hydrogens is 338 g/mol. The van der Waals surface area contributed by atoms with E-state index in [9.17, 15) is 9.59 Å². The summed E-state index contributed by atoms with van der Waals surface area (Å²) in [6.45, 7) is 7.44. The molecule has 3 rings (SSSR count). The maximum atomic E-state index is 12.5. The molecule has 5 nitrogen and oxygen atoms in total. The molecule has 1 aromatic rings. The van der Waals surface area contributed by atoms with E-state index in [1.54, 1.807) is 0 Å². The Labute approximate surface area is 163 Å². The minimum atomic E-state index is 0.0226. The summed E-state index contributed by atoms with van der Waals surface area (Å²) in [5.41, 5.74) is 3.09. The number of amides is 2. The number of piperazine rings is 1. The maximum Gasteiger partial charge on any atom is 0.238 e. The number of nitrogens with zero attached hydrogens (tertiary/aromatic N) is 2. The smallest absolute Gasteiger partial charge is 0.238 e. The molecule has 0 radical (unpaired) electrons. The van der Waals surface area contributed by atoms with E-state index in [1.165, 1.54) is 32.1 Å². The fraction of sp³-hybridized carbons (Fsp3) is 0.636.